The fourth-order valence-electron chi connectivity index (χ4n) is 2.27. The summed E-state index contributed by atoms with van der Waals surface area (Å²) in [6.45, 7) is 4.23. The fraction of sp³-hybridized carbons (Fsp3) is 1.00. The Morgan fingerprint density at radius 1 is 1.19 bits per heavy atom. The third-order valence-corrected chi connectivity index (χ3v) is 3.73. The highest BCUT2D eigenvalue weighted by Crippen LogP contribution is 2.21. The minimum Gasteiger partial charge on any atom is -0.369 e. The van der Waals surface area contributed by atoms with E-state index in [9.17, 15) is 0 Å². The summed E-state index contributed by atoms with van der Waals surface area (Å²) in [5.74, 6) is 0. The molecule has 0 amide bonds. The Labute approximate surface area is 101 Å². The van der Waals surface area contributed by atoms with Gasteiger partial charge in [-0.25, -0.2) is 0 Å². The molecule has 1 heterocycles. The molecular weight excluding hydrogens is 200 g/mol. The number of hydrogen-bond donors (Lipinski definition) is 0. The molecule has 0 spiro atoms. The molecule has 0 bridgehead atoms. The molecule has 1 atom stereocenters. The monoisotopic (exact) mass is 230 g/mol. The third kappa shape index (κ3) is 4.81. The average Bonchev–Trinajstić information content (AvgIpc) is 2.12. The van der Waals surface area contributed by atoms with Gasteiger partial charge >= 0.3 is 0 Å². The number of nitrogens with zero attached hydrogens (tertiary/aromatic N) is 2. The Balaban J connectivity index is 2.21. The maximum atomic E-state index is 5.85. The lowest BCUT2D eigenvalue weighted by Gasteiger charge is -2.41. The van der Waals surface area contributed by atoms with Gasteiger partial charge in [-0.2, -0.15) is 0 Å². The number of likely N-dealkylation sites (N-methyl/N-ethyl adjacent to an activating group) is 2. The second-order valence-electron chi connectivity index (χ2n) is 6.74. The summed E-state index contributed by atoms with van der Waals surface area (Å²) in [6, 6.07) is 0.709. The quantitative estimate of drug-likeness (QED) is 0.511. The van der Waals surface area contributed by atoms with Gasteiger partial charge in [-0.15, -0.1) is 0 Å². The van der Waals surface area contributed by atoms with Gasteiger partial charge in [-0.1, -0.05) is 0 Å². The molecular formula is C13H30N2O+2. The Hall–Kier alpha value is -0.120. The zero-order valence-electron chi connectivity index (χ0n) is 11.8. The molecule has 0 saturated carbocycles. The van der Waals surface area contributed by atoms with E-state index in [0.717, 1.165) is 28.7 Å². The van der Waals surface area contributed by atoms with Crippen molar-refractivity contribution in [2.45, 2.75) is 25.3 Å². The molecule has 0 aromatic heterocycles. The first kappa shape index (κ1) is 13.9. The lowest BCUT2D eigenvalue weighted by Crippen LogP contribution is -2.54. The van der Waals surface area contributed by atoms with E-state index in [1.165, 1.54) is 25.8 Å². The van der Waals surface area contributed by atoms with Crippen LogP contribution in [0, 0.1) is 0 Å². The van der Waals surface area contributed by atoms with E-state index >= 15 is 0 Å². The molecule has 1 unspecified atom stereocenters. The SMILES string of the molecule is C[N+](C)(C)CCOCC1CCCC[N+]1(C)C. The first-order chi connectivity index (χ1) is 7.31. The van der Waals surface area contributed by atoms with E-state index in [4.69, 9.17) is 4.74 Å². The van der Waals surface area contributed by atoms with Crippen molar-refractivity contribution in [3.63, 3.8) is 0 Å². The lowest BCUT2D eigenvalue weighted by molar-refractivity contribution is -0.920. The standard InChI is InChI=1S/C13H30N2O/c1-14(2,3)10-11-16-12-13-8-6-7-9-15(13,4)5/h13H,6-12H2,1-5H3/q+2. The Bertz CT molecular complexity index is 208. The highest BCUT2D eigenvalue weighted by molar-refractivity contribution is 4.63. The van der Waals surface area contributed by atoms with Gasteiger partial charge in [0.25, 0.3) is 0 Å². The van der Waals surface area contributed by atoms with Crippen LogP contribution in [0.1, 0.15) is 19.3 Å². The van der Waals surface area contributed by atoms with E-state index in [1.807, 2.05) is 0 Å². The molecule has 3 heteroatoms. The summed E-state index contributed by atoms with van der Waals surface area (Å²) in [6.07, 6.45) is 4.09. The maximum Gasteiger partial charge on any atom is 0.112 e. The second kappa shape index (κ2) is 5.48. The van der Waals surface area contributed by atoms with Crippen molar-refractivity contribution in [1.82, 2.24) is 0 Å². The summed E-state index contributed by atoms with van der Waals surface area (Å²) >= 11 is 0. The minimum absolute atomic E-state index is 0.709. The molecule has 0 N–H and O–H groups in total. The summed E-state index contributed by atoms with van der Waals surface area (Å²) in [5.41, 5.74) is 0. The van der Waals surface area contributed by atoms with Crippen LogP contribution in [-0.4, -0.2) is 76.5 Å². The summed E-state index contributed by atoms with van der Waals surface area (Å²) in [5, 5.41) is 0. The van der Waals surface area contributed by atoms with Gasteiger partial charge in [0.15, 0.2) is 0 Å². The van der Waals surface area contributed by atoms with Crippen molar-refractivity contribution in [1.29, 1.82) is 0 Å². The predicted molar refractivity (Wildman–Crippen MR) is 68.3 cm³/mol. The first-order valence-electron chi connectivity index (χ1n) is 6.52. The highest BCUT2D eigenvalue weighted by atomic mass is 16.5. The molecule has 1 aliphatic rings. The average molecular weight is 230 g/mol. The minimum atomic E-state index is 0.709. The molecule has 16 heavy (non-hydrogen) atoms. The van der Waals surface area contributed by atoms with Gasteiger partial charge in [0.2, 0.25) is 0 Å². The predicted octanol–water partition coefficient (Wildman–Crippen LogP) is 1.34. The molecule has 0 aliphatic carbocycles. The van der Waals surface area contributed by atoms with Crippen molar-refractivity contribution in [3.8, 4) is 0 Å². The van der Waals surface area contributed by atoms with Crippen LogP contribution in [0.4, 0.5) is 0 Å². The largest absolute Gasteiger partial charge is 0.369 e. The van der Waals surface area contributed by atoms with Gasteiger partial charge in [0.1, 0.15) is 12.6 Å². The zero-order chi connectivity index (χ0) is 12.2. The Kier molecular flexibility index (Phi) is 4.77. The molecule has 1 fully saturated rings. The van der Waals surface area contributed by atoms with Crippen molar-refractivity contribution in [3.05, 3.63) is 0 Å². The fourth-order valence-corrected chi connectivity index (χ4v) is 2.27. The van der Waals surface area contributed by atoms with Gasteiger partial charge in [0, 0.05) is 6.42 Å². The van der Waals surface area contributed by atoms with Crippen LogP contribution in [-0.2, 0) is 4.74 Å². The molecule has 1 saturated heterocycles. The van der Waals surface area contributed by atoms with Gasteiger partial charge in [-0.3, -0.25) is 0 Å². The van der Waals surface area contributed by atoms with Gasteiger partial charge < -0.3 is 13.7 Å². The van der Waals surface area contributed by atoms with Crippen LogP contribution in [0.2, 0.25) is 0 Å². The smallest absolute Gasteiger partial charge is 0.112 e. The zero-order valence-corrected chi connectivity index (χ0v) is 11.8. The van der Waals surface area contributed by atoms with Crippen LogP contribution >= 0.6 is 0 Å². The number of rotatable bonds is 5. The van der Waals surface area contributed by atoms with E-state index in [0.29, 0.717) is 6.04 Å². The molecule has 0 radical (unpaired) electrons. The summed E-state index contributed by atoms with van der Waals surface area (Å²) < 4.78 is 7.99. The Morgan fingerprint density at radius 2 is 1.88 bits per heavy atom. The van der Waals surface area contributed by atoms with E-state index in [1.54, 1.807) is 0 Å². The van der Waals surface area contributed by atoms with Crippen LogP contribution in [0.25, 0.3) is 0 Å². The number of piperidine rings is 1. The molecule has 0 aromatic rings. The van der Waals surface area contributed by atoms with Crippen molar-refractivity contribution >= 4 is 0 Å². The number of quaternary nitrogens is 2. The number of hydrogen-bond acceptors (Lipinski definition) is 1. The summed E-state index contributed by atoms with van der Waals surface area (Å²) in [7, 11) is 11.3. The Morgan fingerprint density at radius 3 is 2.44 bits per heavy atom. The third-order valence-electron chi connectivity index (χ3n) is 3.73. The van der Waals surface area contributed by atoms with Crippen molar-refractivity contribution < 1.29 is 13.7 Å². The normalized spacial score (nSPS) is 25.7. The van der Waals surface area contributed by atoms with Crippen LogP contribution < -0.4 is 0 Å². The first-order valence-corrected chi connectivity index (χ1v) is 6.52. The van der Waals surface area contributed by atoms with Gasteiger partial charge in [0.05, 0.1) is 55.0 Å². The maximum absolute atomic E-state index is 5.85. The van der Waals surface area contributed by atoms with Gasteiger partial charge in [-0.05, 0) is 12.8 Å². The number of ether oxygens (including phenoxy) is 1. The van der Waals surface area contributed by atoms with Crippen LogP contribution in [0.3, 0.4) is 0 Å². The van der Waals surface area contributed by atoms with E-state index < -0.39 is 0 Å². The van der Waals surface area contributed by atoms with E-state index in [-0.39, 0.29) is 0 Å². The lowest BCUT2D eigenvalue weighted by atomic mass is 10.0. The van der Waals surface area contributed by atoms with E-state index in [2.05, 4.69) is 35.2 Å². The number of likely N-dealkylation sites (tertiary alicyclic amines) is 1. The molecule has 3 nitrogen and oxygen atoms in total. The second-order valence-corrected chi connectivity index (χ2v) is 6.74. The molecule has 1 rings (SSSR count). The highest BCUT2D eigenvalue weighted by Gasteiger charge is 2.31. The summed E-state index contributed by atoms with van der Waals surface area (Å²) in [4.78, 5) is 0. The topological polar surface area (TPSA) is 9.23 Å². The van der Waals surface area contributed by atoms with Crippen molar-refractivity contribution in [2.24, 2.45) is 0 Å². The van der Waals surface area contributed by atoms with Crippen LogP contribution in [0.5, 0.6) is 0 Å². The van der Waals surface area contributed by atoms with Crippen molar-refractivity contribution in [2.75, 3.05) is 61.5 Å². The molecule has 96 valence electrons. The van der Waals surface area contributed by atoms with Crippen LogP contribution in [0.15, 0.2) is 0 Å². The molecule has 0 aromatic carbocycles. The molecule has 1 aliphatic heterocycles.